The van der Waals surface area contributed by atoms with Crippen LogP contribution in [0.25, 0.3) is 11.1 Å². The van der Waals surface area contributed by atoms with E-state index in [1.165, 1.54) is 52.3 Å². The number of benzene rings is 1. The molecule has 0 unspecified atom stereocenters. The molecule has 7 nitrogen and oxygen atoms in total. The molecule has 0 saturated heterocycles. The largest absolute Gasteiger partial charge is 0.335 e. The number of hydrogen-bond acceptors (Lipinski definition) is 4. The van der Waals surface area contributed by atoms with Gasteiger partial charge in [-0.3, -0.25) is 9.48 Å². The SMILES string of the molecule is CCC(=O)N1CCn2c(C3CC3)nc(N3CCCc4cc(-c5cnn(C)c5)c(C)cc43)c2C1. The number of hydrogen-bond donors (Lipinski definition) is 0. The Labute approximate surface area is 195 Å². The van der Waals surface area contributed by atoms with Crippen LogP contribution < -0.4 is 4.90 Å². The van der Waals surface area contributed by atoms with Crippen LogP contribution in [0.5, 0.6) is 0 Å². The lowest BCUT2D eigenvalue weighted by Crippen LogP contribution is -2.39. The first-order chi connectivity index (χ1) is 16.0. The number of amides is 1. The molecule has 1 saturated carbocycles. The Bertz CT molecular complexity index is 1230. The van der Waals surface area contributed by atoms with Gasteiger partial charge in [-0.1, -0.05) is 6.92 Å². The van der Waals surface area contributed by atoms with Gasteiger partial charge in [-0.25, -0.2) is 4.98 Å². The van der Waals surface area contributed by atoms with Gasteiger partial charge in [-0.05, 0) is 61.4 Å². The molecule has 1 aromatic carbocycles. The van der Waals surface area contributed by atoms with Crippen molar-refractivity contribution in [3.8, 4) is 11.1 Å². The fraction of sp³-hybridized carbons (Fsp3) is 0.500. The maximum Gasteiger partial charge on any atom is 0.222 e. The highest BCUT2D eigenvalue weighted by Crippen LogP contribution is 2.45. The highest BCUT2D eigenvalue weighted by molar-refractivity contribution is 5.78. The fourth-order valence-electron chi connectivity index (χ4n) is 5.51. The van der Waals surface area contributed by atoms with Gasteiger partial charge < -0.3 is 14.4 Å². The minimum absolute atomic E-state index is 0.234. The molecule has 0 radical (unpaired) electrons. The number of imidazole rings is 1. The van der Waals surface area contributed by atoms with Gasteiger partial charge in [0.2, 0.25) is 5.91 Å². The van der Waals surface area contributed by atoms with E-state index in [1.54, 1.807) is 0 Å². The van der Waals surface area contributed by atoms with Crippen LogP contribution in [0.2, 0.25) is 0 Å². The fourth-order valence-corrected chi connectivity index (χ4v) is 5.51. The molecule has 0 bridgehead atoms. The van der Waals surface area contributed by atoms with Crippen LogP contribution in [0.15, 0.2) is 24.5 Å². The number of carbonyl (C=O) groups is 1. The van der Waals surface area contributed by atoms with Crippen molar-refractivity contribution in [1.29, 1.82) is 0 Å². The minimum atomic E-state index is 0.234. The van der Waals surface area contributed by atoms with E-state index in [0.717, 1.165) is 38.3 Å². The van der Waals surface area contributed by atoms with E-state index in [2.05, 4.69) is 39.8 Å². The summed E-state index contributed by atoms with van der Waals surface area (Å²) in [6, 6.07) is 4.68. The van der Waals surface area contributed by atoms with Gasteiger partial charge >= 0.3 is 0 Å². The first-order valence-corrected chi connectivity index (χ1v) is 12.3. The van der Waals surface area contributed by atoms with Crippen molar-refractivity contribution >= 4 is 17.4 Å². The zero-order valence-corrected chi connectivity index (χ0v) is 19.8. The number of aryl methyl sites for hydroxylation is 3. The summed E-state index contributed by atoms with van der Waals surface area (Å²) in [5.74, 6) is 3.13. The van der Waals surface area contributed by atoms with E-state index in [4.69, 9.17) is 4.98 Å². The Morgan fingerprint density at radius 1 is 1.18 bits per heavy atom. The average Bonchev–Trinajstić information content (AvgIpc) is 3.47. The minimum Gasteiger partial charge on any atom is -0.335 e. The van der Waals surface area contributed by atoms with E-state index in [9.17, 15) is 4.79 Å². The number of rotatable bonds is 4. The zero-order chi connectivity index (χ0) is 22.7. The Balaban J connectivity index is 1.43. The van der Waals surface area contributed by atoms with Crippen LogP contribution in [0.4, 0.5) is 11.5 Å². The van der Waals surface area contributed by atoms with Crippen molar-refractivity contribution in [3.63, 3.8) is 0 Å². The molecule has 6 rings (SSSR count). The summed E-state index contributed by atoms with van der Waals surface area (Å²) < 4.78 is 4.29. The van der Waals surface area contributed by atoms with Gasteiger partial charge in [0.25, 0.3) is 0 Å². The zero-order valence-electron chi connectivity index (χ0n) is 19.8. The molecule has 1 fully saturated rings. The molecule has 0 N–H and O–H groups in total. The summed E-state index contributed by atoms with van der Waals surface area (Å²) in [5, 5.41) is 4.37. The molecule has 0 spiro atoms. The molecule has 0 atom stereocenters. The molecule has 2 aromatic heterocycles. The number of anilines is 2. The molecule has 1 amide bonds. The molecular weight excluding hydrogens is 412 g/mol. The lowest BCUT2D eigenvalue weighted by molar-refractivity contribution is -0.132. The molecule has 7 heteroatoms. The Hall–Kier alpha value is -3.09. The van der Waals surface area contributed by atoms with Crippen LogP contribution in [-0.4, -0.2) is 43.2 Å². The molecular formula is C26H32N6O. The van der Waals surface area contributed by atoms with Gasteiger partial charge in [0.1, 0.15) is 5.82 Å². The summed E-state index contributed by atoms with van der Waals surface area (Å²) in [5.41, 5.74) is 7.54. The summed E-state index contributed by atoms with van der Waals surface area (Å²) in [6.07, 6.45) is 9.23. The van der Waals surface area contributed by atoms with Crippen LogP contribution in [0.3, 0.4) is 0 Å². The summed E-state index contributed by atoms with van der Waals surface area (Å²) >= 11 is 0. The Kier molecular flexibility index (Phi) is 4.82. The summed E-state index contributed by atoms with van der Waals surface area (Å²) in [4.78, 5) is 22.2. The summed E-state index contributed by atoms with van der Waals surface area (Å²) in [6.45, 7) is 7.43. The summed E-state index contributed by atoms with van der Waals surface area (Å²) in [7, 11) is 1.96. The van der Waals surface area contributed by atoms with Crippen LogP contribution >= 0.6 is 0 Å². The van der Waals surface area contributed by atoms with E-state index in [0.29, 0.717) is 18.9 Å². The third-order valence-electron chi connectivity index (χ3n) is 7.43. The monoisotopic (exact) mass is 444 g/mol. The van der Waals surface area contributed by atoms with Crippen molar-refractivity contribution < 1.29 is 4.79 Å². The van der Waals surface area contributed by atoms with E-state index in [1.807, 2.05) is 29.7 Å². The van der Waals surface area contributed by atoms with Gasteiger partial charge in [0, 0.05) is 56.5 Å². The van der Waals surface area contributed by atoms with Gasteiger partial charge in [0.05, 0.1) is 18.4 Å². The predicted molar refractivity (Wildman–Crippen MR) is 129 cm³/mol. The van der Waals surface area contributed by atoms with E-state index < -0.39 is 0 Å². The lowest BCUT2D eigenvalue weighted by atomic mass is 9.93. The molecule has 4 heterocycles. The van der Waals surface area contributed by atoms with Crippen LogP contribution in [0, 0.1) is 6.92 Å². The second-order valence-corrected chi connectivity index (χ2v) is 9.79. The standard InChI is InChI=1S/C26H32N6O/c1-4-24(33)30-10-11-32-23(16-30)26(28-25(32)18-7-8-18)31-9-5-6-19-13-21(17(2)12-22(19)31)20-14-27-29(3)15-20/h12-15,18H,4-11,16H2,1-3H3. The first-order valence-electron chi connectivity index (χ1n) is 12.3. The molecule has 33 heavy (non-hydrogen) atoms. The van der Waals surface area contributed by atoms with Gasteiger partial charge in [-0.15, -0.1) is 0 Å². The highest BCUT2D eigenvalue weighted by Gasteiger charge is 2.36. The maximum absolute atomic E-state index is 12.5. The van der Waals surface area contributed by atoms with Crippen LogP contribution in [-0.2, 0) is 31.4 Å². The molecule has 3 aliphatic rings. The lowest BCUT2D eigenvalue weighted by Gasteiger charge is -2.34. The maximum atomic E-state index is 12.5. The quantitative estimate of drug-likeness (QED) is 0.602. The van der Waals surface area contributed by atoms with Crippen molar-refractivity contribution in [1.82, 2.24) is 24.2 Å². The second-order valence-electron chi connectivity index (χ2n) is 9.79. The van der Waals surface area contributed by atoms with Crippen molar-refractivity contribution in [3.05, 3.63) is 47.2 Å². The van der Waals surface area contributed by atoms with Crippen molar-refractivity contribution in [2.24, 2.45) is 7.05 Å². The molecule has 172 valence electrons. The average molecular weight is 445 g/mol. The topological polar surface area (TPSA) is 59.2 Å². The third-order valence-corrected chi connectivity index (χ3v) is 7.43. The number of fused-ring (bicyclic) bond motifs is 2. The molecule has 2 aliphatic heterocycles. The van der Waals surface area contributed by atoms with E-state index in [-0.39, 0.29) is 5.91 Å². The normalized spacial score (nSPS) is 17.8. The number of aromatic nitrogens is 4. The van der Waals surface area contributed by atoms with Gasteiger partial charge in [0.15, 0.2) is 5.82 Å². The van der Waals surface area contributed by atoms with Crippen molar-refractivity contribution in [2.75, 3.05) is 18.0 Å². The third kappa shape index (κ3) is 3.45. The predicted octanol–water partition coefficient (Wildman–Crippen LogP) is 4.31. The van der Waals surface area contributed by atoms with Crippen LogP contribution in [0.1, 0.15) is 61.2 Å². The van der Waals surface area contributed by atoms with E-state index >= 15 is 0 Å². The van der Waals surface area contributed by atoms with Gasteiger partial charge in [-0.2, -0.15) is 5.10 Å². The second kappa shape index (κ2) is 7.75. The Morgan fingerprint density at radius 3 is 2.76 bits per heavy atom. The molecule has 1 aliphatic carbocycles. The smallest absolute Gasteiger partial charge is 0.222 e. The van der Waals surface area contributed by atoms with Crippen molar-refractivity contribution in [2.45, 2.75) is 65.0 Å². The highest BCUT2D eigenvalue weighted by atomic mass is 16.2. The number of carbonyl (C=O) groups excluding carboxylic acids is 1. The number of nitrogens with zero attached hydrogens (tertiary/aromatic N) is 6. The molecule has 3 aromatic rings. The first kappa shape index (κ1) is 20.5. The Morgan fingerprint density at radius 2 is 2.03 bits per heavy atom.